The minimum atomic E-state index is -0.287. The second-order valence-corrected chi connectivity index (χ2v) is 4.56. The second-order valence-electron chi connectivity index (χ2n) is 4.56. The molecule has 0 aromatic heterocycles. The molecule has 0 spiro atoms. The fourth-order valence-corrected chi connectivity index (χ4v) is 2.06. The predicted molar refractivity (Wildman–Crippen MR) is 74.0 cm³/mol. The molecule has 1 aliphatic rings. The number of anilines is 1. The van der Waals surface area contributed by atoms with Crippen molar-refractivity contribution in [3.63, 3.8) is 0 Å². The maximum Gasteiger partial charge on any atom is 0.347 e. The molecule has 2 rings (SSSR count). The Bertz CT molecular complexity index is 428. The van der Waals surface area contributed by atoms with Crippen LogP contribution in [0.1, 0.15) is 25.7 Å². The monoisotopic (exact) mass is 245 g/mol. The van der Waals surface area contributed by atoms with Crippen LogP contribution in [0.3, 0.4) is 0 Å². The summed E-state index contributed by atoms with van der Waals surface area (Å²) in [6.45, 7) is 0.984. The lowest BCUT2D eigenvalue weighted by Gasteiger charge is -2.17. The van der Waals surface area contributed by atoms with Gasteiger partial charge in [0.25, 0.3) is 0 Å². The van der Waals surface area contributed by atoms with E-state index in [0.717, 1.165) is 30.9 Å². The van der Waals surface area contributed by atoms with Gasteiger partial charge in [0, 0.05) is 25.7 Å². The first kappa shape index (κ1) is 12.6. The summed E-state index contributed by atoms with van der Waals surface area (Å²) in [5, 5.41) is 2.78. The molecule has 1 heterocycles. The van der Waals surface area contributed by atoms with Gasteiger partial charge in [-0.15, -0.1) is 0 Å². The largest absolute Gasteiger partial charge is 0.363 e. The van der Waals surface area contributed by atoms with Crippen LogP contribution in [0.5, 0.6) is 0 Å². The summed E-state index contributed by atoms with van der Waals surface area (Å²) in [5.41, 5.74) is 0.781. The summed E-state index contributed by atoms with van der Waals surface area (Å²) in [4.78, 5) is 18.1. The average molecular weight is 245 g/mol. The summed E-state index contributed by atoms with van der Waals surface area (Å²) in [6.07, 6.45) is 4.39. The lowest BCUT2D eigenvalue weighted by atomic mass is 10.2. The third-order valence-corrected chi connectivity index (χ3v) is 3.09. The van der Waals surface area contributed by atoms with Gasteiger partial charge in [-0.25, -0.2) is 4.79 Å². The molecule has 18 heavy (non-hydrogen) atoms. The Kier molecular flexibility index (Phi) is 4.34. The van der Waals surface area contributed by atoms with Crippen LogP contribution >= 0.6 is 0 Å². The minimum Gasteiger partial charge on any atom is -0.363 e. The Labute approximate surface area is 108 Å². The van der Waals surface area contributed by atoms with E-state index in [-0.39, 0.29) is 6.03 Å². The highest BCUT2D eigenvalue weighted by atomic mass is 16.2. The van der Waals surface area contributed by atoms with E-state index in [4.69, 9.17) is 0 Å². The summed E-state index contributed by atoms with van der Waals surface area (Å²) in [6, 6.07) is 9.12. The van der Waals surface area contributed by atoms with Crippen molar-refractivity contribution < 1.29 is 4.79 Å². The Morgan fingerprint density at radius 3 is 2.78 bits per heavy atom. The first-order valence-electron chi connectivity index (χ1n) is 6.40. The number of nitrogens with zero attached hydrogens (tertiary/aromatic N) is 2. The molecule has 1 N–H and O–H groups in total. The van der Waals surface area contributed by atoms with Gasteiger partial charge in [0.2, 0.25) is 0 Å². The predicted octanol–water partition coefficient (Wildman–Crippen LogP) is 3.12. The van der Waals surface area contributed by atoms with Gasteiger partial charge in [-0.3, -0.25) is 0 Å². The van der Waals surface area contributed by atoms with Gasteiger partial charge in [0.15, 0.2) is 0 Å². The molecule has 0 unspecified atom stereocenters. The fraction of sp³-hybridized carbons (Fsp3) is 0.429. The number of likely N-dealkylation sites (tertiary alicyclic amines) is 1. The average Bonchev–Trinajstić information content (AvgIpc) is 2.56. The highest BCUT2D eigenvalue weighted by Crippen LogP contribution is 2.11. The highest BCUT2D eigenvalue weighted by Gasteiger charge is 2.12. The van der Waals surface area contributed by atoms with Crippen molar-refractivity contribution in [2.24, 2.45) is 4.99 Å². The van der Waals surface area contributed by atoms with Gasteiger partial charge >= 0.3 is 6.03 Å². The first-order valence-corrected chi connectivity index (χ1v) is 6.40. The van der Waals surface area contributed by atoms with E-state index in [2.05, 4.69) is 15.2 Å². The molecule has 1 fully saturated rings. The molecule has 2 amide bonds. The number of hydrogen-bond acceptors (Lipinski definition) is 1. The molecule has 0 bridgehead atoms. The zero-order valence-electron chi connectivity index (χ0n) is 10.7. The summed E-state index contributed by atoms with van der Waals surface area (Å²) >= 11 is 0. The van der Waals surface area contributed by atoms with Gasteiger partial charge in [0.1, 0.15) is 5.84 Å². The van der Waals surface area contributed by atoms with E-state index in [0.29, 0.717) is 0 Å². The summed E-state index contributed by atoms with van der Waals surface area (Å²) < 4.78 is 0. The topological polar surface area (TPSA) is 44.7 Å². The maximum atomic E-state index is 11.8. The molecule has 0 saturated carbocycles. The lowest BCUT2D eigenvalue weighted by molar-refractivity contribution is 0.259. The number of urea groups is 1. The first-order chi connectivity index (χ1) is 8.75. The maximum absolute atomic E-state index is 11.8. The third-order valence-electron chi connectivity index (χ3n) is 3.09. The normalized spacial score (nSPS) is 18.5. The van der Waals surface area contributed by atoms with E-state index in [9.17, 15) is 4.79 Å². The molecule has 1 aromatic rings. The van der Waals surface area contributed by atoms with E-state index >= 15 is 0 Å². The molecule has 4 nitrogen and oxygen atoms in total. The van der Waals surface area contributed by atoms with Crippen molar-refractivity contribution in [1.29, 1.82) is 0 Å². The van der Waals surface area contributed by atoms with Crippen LogP contribution in [0.2, 0.25) is 0 Å². The number of para-hydroxylation sites is 1. The molecule has 4 heteroatoms. The number of benzene rings is 1. The van der Waals surface area contributed by atoms with Crippen LogP contribution in [-0.4, -0.2) is 30.4 Å². The van der Waals surface area contributed by atoms with Crippen molar-refractivity contribution in [3.05, 3.63) is 30.3 Å². The van der Waals surface area contributed by atoms with Gasteiger partial charge in [0.05, 0.1) is 0 Å². The van der Waals surface area contributed by atoms with Crippen LogP contribution in [-0.2, 0) is 0 Å². The molecule has 0 aliphatic carbocycles. The van der Waals surface area contributed by atoms with E-state index in [1.807, 2.05) is 37.4 Å². The van der Waals surface area contributed by atoms with Crippen molar-refractivity contribution in [1.82, 2.24) is 4.90 Å². The molecule has 1 saturated heterocycles. The van der Waals surface area contributed by atoms with E-state index in [1.165, 1.54) is 12.8 Å². The molecule has 1 aromatic carbocycles. The number of aliphatic imine (C=N–C) groups is 1. The van der Waals surface area contributed by atoms with Crippen molar-refractivity contribution in [3.8, 4) is 0 Å². The third kappa shape index (κ3) is 3.58. The Morgan fingerprint density at radius 1 is 1.22 bits per heavy atom. The molecule has 0 radical (unpaired) electrons. The van der Waals surface area contributed by atoms with E-state index < -0.39 is 0 Å². The van der Waals surface area contributed by atoms with Gasteiger partial charge in [-0.1, -0.05) is 24.6 Å². The van der Waals surface area contributed by atoms with Gasteiger partial charge in [-0.2, -0.15) is 4.99 Å². The number of carbonyl (C=O) groups is 1. The molecule has 0 atom stereocenters. The number of nitrogens with one attached hydrogen (secondary N) is 1. The fourth-order valence-electron chi connectivity index (χ4n) is 2.06. The van der Waals surface area contributed by atoms with Crippen molar-refractivity contribution in [2.45, 2.75) is 25.7 Å². The molecule has 96 valence electrons. The van der Waals surface area contributed by atoms with E-state index in [1.54, 1.807) is 0 Å². The number of hydrogen-bond donors (Lipinski definition) is 1. The number of amidine groups is 1. The summed E-state index contributed by atoms with van der Waals surface area (Å²) in [5.74, 6) is 0.890. The quantitative estimate of drug-likeness (QED) is 0.826. The van der Waals surface area contributed by atoms with Gasteiger partial charge in [-0.05, 0) is 25.0 Å². The Balaban J connectivity index is 2.00. The van der Waals surface area contributed by atoms with Gasteiger partial charge < -0.3 is 10.2 Å². The minimum absolute atomic E-state index is 0.287. The van der Waals surface area contributed by atoms with Crippen molar-refractivity contribution >= 4 is 17.6 Å². The highest BCUT2D eigenvalue weighted by molar-refractivity contribution is 5.99. The lowest BCUT2D eigenvalue weighted by Crippen LogP contribution is -2.27. The zero-order valence-corrected chi connectivity index (χ0v) is 10.7. The van der Waals surface area contributed by atoms with Crippen LogP contribution in [0.15, 0.2) is 35.3 Å². The number of amides is 2. The Hall–Kier alpha value is -1.84. The van der Waals surface area contributed by atoms with Crippen LogP contribution in [0, 0.1) is 0 Å². The van der Waals surface area contributed by atoms with Crippen LogP contribution in [0.25, 0.3) is 0 Å². The van der Waals surface area contributed by atoms with Crippen LogP contribution < -0.4 is 5.32 Å². The molecular weight excluding hydrogens is 226 g/mol. The van der Waals surface area contributed by atoms with Crippen LogP contribution in [0.4, 0.5) is 10.5 Å². The SMILES string of the molecule is CN1CCCCC/C1=N\C(=O)Nc1ccccc1. The number of carbonyl (C=O) groups excluding carboxylic acids is 1. The molecule has 1 aliphatic heterocycles. The standard InChI is InChI=1S/C14H19N3O/c1-17-11-7-3-6-10-13(17)16-14(18)15-12-8-4-2-5-9-12/h2,4-5,8-9H,3,6-7,10-11H2,1H3,(H,15,18)/b16-13+. The smallest absolute Gasteiger partial charge is 0.347 e. The van der Waals surface area contributed by atoms with Crippen molar-refractivity contribution in [2.75, 3.05) is 18.9 Å². The summed E-state index contributed by atoms with van der Waals surface area (Å²) in [7, 11) is 2.00. The Morgan fingerprint density at radius 2 is 2.00 bits per heavy atom. The number of rotatable bonds is 1. The second kappa shape index (κ2) is 6.19. The molecular formula is C14H19N3O. The zero-order chi connectivity index (χ0) is 12.8.